The van der Waals surface area contributed by atoms with Crippen molar-refractivity contribution in [3.63, 3.8) is 0 Å². The minimum Gasteiger partial charge on any atom is -0.486 e. The number of aromatic nitrogens is 3. The number of aryl methyl sites for hydroxylation is 2. The van der Waals surface area contributed by atoms with Gasteiger partial charge >= 0.3 is 6.18 Å². The maximum atomic E-state index is 13.1. The molecule has 0 bridgehead atoms. The molecule has 0 spiro atoms. The van der Waals surface area contributed by atoms with Gasteiger partial charge in [0.15, 0.2) is 11.0 Å². The Bertz CT molecular complexity index is 1080. The number of ether oxygens (including phenoxy) is 1. The van der Waals surface area contributed by atoms with Crippen LogP contribution in [0.1, 0.15) is 29.4 Å². The van der Waals surface area contributed by atoms with Gasteiger partial charge in [-0.2, -0.15) is 13.2 Å². The standard InChI is InChI=1S/C22H23F3N4O2S/c1-4-29-19(12-31-16-10-14(2)9-15(3)11-16)27-28-21(29)32-13-20(30)26-18-8-6-5-7-17(18)22(23,24)25/h5-11H,4,12-13H2,1-3H3,(H,26,30). The second kappa shape index (κ2) is 10.1. The summed E-state index contributed by atoms with van der Waals surface area (Å²) >= 11 is 1.10. The van der Waals surface area contributed by atoms with Crippen molar-refractivity contribution < 1.29 is 22.7 Å². The van der Waals surface area contributed by atoms with Gasteiger partial charge in [0.2, 0.25) is 5.91 Å². The second-order valence-electron chi connectivity index (χ2n) is 7.14. The smallest absolute Gasteiger partial charge is 0.418 e. The fourth-order valence-electron chi connectivity index (χ4n) is 3.17. The SMILES string of the molecule is CCn1c(COc2cc(C)cc(C)c2)nnc1SCC(=O)Nc1ccccc1C(F)(F)F. The molecule has 1 N–H and O–H groups in total. The molecule has 0 aliphatic rings. The number of carbonyl (C=O) groups excluding carboxylic acids is 1. The number of carbonyl (C=O) groups is 1. The number of halogens is 3. The Hall–Kier alpha value is -3.01. The average molecular weight is 465 g/mol. The molecule has 3 aromatic rings. The molecular weight excluding hydrogens is 441 g/mol. The van der Waals surface area contributed by atoms with E-state index in [1.165, 1.54) is 18.2 Å². The third-order valence-corrected chi connectivity index (χ3v) is 5.48. The van der Waals surface area contributed by atoms with Gasteiger partial charge in [0.25, 0.3) is 0 Å². The van der Waals surface area contributed by atoms with Gasteiger partial charge in [-0.3, -0.25) is 4.79 Å². The molecule has 0 radical (unpaired) electrons. The number of benzene rings is 2. The maximum Gasteiger partial charge on any atom is 0.418 e. The lowest BCUT2D eigenvalue weighted by Crippen LogP contribution is -2.18. The number of para-hydroxylation sites is 1. The summed E-state index contributed by atoms with van der Waals surface area (Å²) in [5.74, 6) is 0.648. The normalized spacial score (nSPS) is 11.4. The number of hydrogen-bond acceptors (Lipinski definition) is 5. The molecule has 2 aromatic carbocycles. The third kappa shape index (κ3) is 6.03. The third-order valence-electron chi connectivity index (χ3n) is 4.51. The summed E-state index contributed by atoms with van der Waals surface area (Å²) in [6, 6.07) is 10.8. The summed E-state index contributed by atoms with van der Waals surface area (Å²) in [4.78, 5) is 12.3. The van der Waals surface area contributed by atoms with Crippen molar-refractivity contribution in [3.8, 4) is 5.75 Å². The van der Waals surface area contributed by atoms with E-state index in [1.807, 2.05) is 43.5 Å². The minimum atomic E-state index is -4.55. The van der Waals surface area contributed by atoms with Gasteiger partial charge < -0.3 is 14.6 Å². The Kier molecular flexibility index (Phi) is 7.44. The molecule has 0 aliphatic heterocycles. The molecule has 6 nitrogen and oxygen atoms in total. The highest BCUT2D eigenvalue weighted by Crippen LogP contribution is 2.34. The Morgan fingerprint density at radius 3 is 2.47 bits per heavy atom. The predicted octanol–water partition coefficient (Wildman–Crippen LogP) is 5.24. The van der Waals surface area contributed by atoms with Crippen molar-refractivity contribution in [1.29, 1.82) is 0 Å². The van der Waals surface area contributed by atoms with Gasteiger partial charge in [0, 0.05) is 6.54 Å². The number of alkyl halides is 3. The first kappa shape index (κ1) is 23.6. The molecule has 0 atom stereocenters. The fourth-order valence-corrected chi connectivity index (χ4v) is 3.99. The molecule has 1 amide bonds. The van der Waals surface area contributed by atoms with Crippen molar-refractivity contribution in [3.05, 3.63) is 65.0 Å². The van der Waals surface area contributed by atoms with E-state index in [1.54, 1.807) is 0 Å². The molecule has 0 saturated carbocycles. The summed E-state index contributed by atoms with van der Waals surface area (Å²) in [5, 5.41) is 11.1. The Labute approximate surface area is 188 Å². The first-order valence-corrected chi connectivity index (χ1v) is 10.9. The van der Waals surface area contributed by atoms with Gasteiger partial charge in [-0.15, -0.1) is 10.2 Å². The summed E-state index contributed by atoms with van der Waals surface area (Å²) in [6.45, 7) is 6.64. The van der Waals surface area contributed by atoms with Gasteiger partial charge in [0.1, 0.15) is 12.4 Å². The van der Waals surface area contributed by atoms with Crippen molar-refractivity contribution in [2.24, 2.45) is 0 Å². The number of rotatable bonds is 8. The molecule has 32 heavy (non-hydrogen) atoms. The quantitative estimate of drug-likeness (QED) is 0.462. The van der Waals surface area contributed by atoms with Gasteiger partial charge in [-0.25, -0.2) is 0 Å². The van der Waals surface area contributed by atoms with Crippen LogP contribution in [0.3, 0.4) is 0 Å². The van der Waals surface area contributed by atoms with Crippen molar-refractivity contribution in [2.75, 3.05) is 11.1 Å². The van der Waals surface area contributed by atoms with Crippen LogP contribution in [0.15, 0.2) is 47.6 Å². The highest BCUT2D eigenvalue weighted by atomic mass is 32.2. The van der Waals surface area contributed by atoms with E-state index in [2.05, 4.69) is 15.5 Å². The number of nitrogens with zero attached hydrogens (tertiary/aromatic N) is 3. The van der Waals surface area contributed by atoms with Crippen molar-refractivity contribution >= 4 is 23.4 Å². The van der Waals surface area contributed by atoms with Crippen LogP contribution in [-0.4, -0.2) is 26.4 Å². The van der Waals surface area contributed by atoms with Gasteiger partial charge in [-0.05, 0) is 56.2 Å². The van der Waals surface area contributed by atoms with Crippen LogP contribution in [-0.2, 0) is 24.1 Å². The first-order valence-electron chi connectivity index (χ1n) is 9.89. The zero-order chi connectivity index (χ0) is 23.3. The summed E-state index contributed by atoms with van der Waals surface area (Å²) < 4.78 is 47.0. The molecule has 1 aromatic heterocycles. The number of amides is 1. The predicted molar refractivity (Wildman–Crippen MR) is 117 cm³/mol. The lowest BCUT2D eigenvalue weighted by molar-refractivity contribution is -0.137. The molecule has 10 heteroatoms. The molecular formula is C22H23F3N4O2S. The average Bonchev–Trinajstić information content (AvgIpc) is 3.11. The lowest BCUT2D eigenvalue weighted by Gasteiger charge is -2.13. The molecule has 0 fully saturated rings. The van der Waals surface area contributed by atoms with Crippen LogP contribution < -0.4 is 10.1 Å². The molecule has 0 saturated heterocycles. The summed E-state index contributed by atoms with van der Waals surface area (Å²) in [6.07, 6.45) is -4.55. The topological polar surface area (TPSA) is 69.0 Å². The van der Waals surface area contributed by atoms with Crippen LogP contribution >= 0.6 is 11.8 Å². The highest BCUT2D eigenvalue weighted by molar-refractivity contribution is 7.99. The van der Waals surface area contributed by atoms with Gasteiger partial charge in [-0.1, -0.05) is 30.0 Å². The van der Waals surface area contributed by atoms with Crippen LogP contribution in [0.4, 0.5) is 18.9 Å². The zero-order valence-electron chi connectivity index (χ0n) is 17.9. The van der Waals surface area contributed by atoms with E-state index in [0.29, 0.717) is 17.5 Å². The second-order valence-corrected chi connectivity index (χ2v) is 8.08. The number of thioether (sulfide) groups is 1. The molecule has 170 valence electrons. The summed E-state index contributed by atoms with van der Waals surface area (Å²) in [7, 11) is 0. The fraction of sp³-hybridized carbons (Fsp3) is 0.318. The Morgan fingerprint density at radius 2 is 1.81 bits per heavy atom. The van der Waals surface area contributed by atoms with Crippen molar-refractivity contribution in [1.82, 2.24) is 14.8 Å². The molecule has 3 rings (SSSR count). The Balaban J connectivity index is 1.62. The van der Waals surface area contributed by atoms with E-state index in [0.717, 1.165) is 34.7 Å². The maximum absolute atomic E-state index is 13.1. The lowest BCUT2D eigenvalue weighted by atomic mass is 10.1. The van der Waals surface area contributed by atoms with Crippen LogP contribution in [0.5, 0.6) is 5.75 Å². The van der Waals surface area contributed by atoms with E-state index < -0.39 is 17.6 Å². The molecule has 1 heterocycles. The van der Waals surface area contributed by atoms with Crippen molar-refractivity contribution in [2.45, 2.75) is 45.3 Å². The number of nitrogens with one attached hydrogen (secondary N) is 1. The summed E-state index contributed by atoms with van der Waals surface area (Å²) in [5.41, 5.74) is 1.02. The van der Waals surface area contributed by atoms with E-state index in [-0.39, 0.29) is 18.0 Å². The van der Waals surface area contributed by atoms with E-state index in [9.17, 15) is 18.0 Å². The first-order chi connectivity index (χ1) is 15.2. The molecule has 0 aliphatic carbocycles. The monoisotopic (exact) mass is 464 g/mol. The number of hydrogen-bond donors (Lipinski definition) is 1. The van der Waals surface area contributed by atoms with Crippen LogP contribution in [0.25, 0.3) is 0 Å². The van der Waals surface area contributed by atoms with Gasteiger partial charge in [0.05, 0.1) is 17.0 Å². The minimum absolute atomic E-state index is 0.109. The van der Waals surface area contributed by atoms with E-state index in [4.69, 9.17) is 4.74 Å². The Morgan fingerprint density at radius 1 is 1.12 bits per heavy atom. The largest absolute Gasteiger partial charge is 0.486 e. The zero-order valence-corrected chi connectivity index (χ0v) is 18.7. The molecule has 0 unspecified atom stereocenters. The number of anilines is 1. The highest BCUT2D eigenvalue weighted by Gasteiger charge is 2.33. The van der Waals surface area contributed by atoms with Crippen LogP contribution in [0.2, 0.25) is 0 Å². The van der Waals surface area contributed by atoms with E-state index >= 15 is 0 Å². The van der Waals surface area contributed by atoms with Crippen LogP contribution in [0, 0.1) is 13.8 Å².